The number of fused-ring (bicyclic) bond motifs is 1. The van der Waals surface area contributed by atoms with Gasteiger partial charge in [0.2, 0.25) is 0 Å². The van der Waals surface area contributed by atoms with Gasteiger partial charge in [0.15, 0.2) is 0 Å². The minimum Gasteiger partial charge on any atom is -0.444 e. The summed E-state index contributed by atoms with van der Waals surface area (Å²) in [5.41, 5.74) is -0.152. The highest BCUT2D eigenvalue weighted by Gasteiger charge is 2.27. The summed E-state index contributed by atoms with van der Waals surface area (Å²) in [7, 11) is 0. The van der Waals surface area contributed by atoms with Crippen LogP contribution in [0, 0.1) is 11.3 Å². The van der Waals surface area contributed by atoms with Gasteiger partial charge in [0.05, 0.1) is 0 Å². The van der Waals surface area contributed by atoms with Gasteiger partial charge in [0.25, 0.3) is 0 Å². The summed E-state index contributed by atoms with van der Waals surface area (Å²) in [6, 6.07) is 6.05. The van der Waals surface area contributed by atoms with Crippen LogP contribution < -0.4 is 10.6 Å². The van der Waals surface area contributed by atoms with Crippen molar-refractivity contribution in [3.63, 3.8) is 0 Å². The summed E-state index contributed by atoms with van der Waals surface area (Å²) in [6.45, 7) is 10.9. The Morgan fingerprint density at radius 2 is 2.13 bits per heavy atom. The third kappa shape index (κ3) is 5.50. The number of hydrogen-bond acceptors (Lipinski definition) is 7. The van der Waals surface area contributed by atoms with Crippen LogP contribution in [0.2, 0.25) is 0 Å². The molecule has 1 amide bonds. The van der Waals surface area contributed by atoms with Crippen molar-refractivity contribution < 1.29 is 9.53 Å². The number of rotatable bonds is 4. The fourth-order valence-corrected chi connectivity index (χ4v) is 3.46. The van der Waals surface area contributed by atoms with Crippen LogP contribution in [0.5, 0.6) is 0 Å². The zero-order chi connectivity index (χ0) is 21.9. The summed E-state index contributed by atoms with van der Waals surface area (Å²) in [5, 5.41) is 17.8. The molecule has 1 saturated heterocycles. The molecule has 0 bridgehead atoms. The average Bonchev–Trinajstić information content (AvgIpc) is 2.66. The molecule has 1 unspecified atom stereocenters. The molecule has 8 heteroatoms. The number of aromatic nitrogens is 2. The van der Waals surface area contributed by atoms with Gasteiger partial charge in [-0.2, -0.15) is 5.26 Å². The number of hydrogen-bond donors (Lipinski definition) is 2. The van der Waals surface area contributed by atoms with Crippen molar-refractivity contribution in [1.29, 1.82) is 5.26 Å². The molecule has 1 aliphatic rings. The van der Waals surface area contributed by atoms with Crippen molar-refractivity contribution in [3.8, 4) is 6.07 Å². The van der Waals surface area contributed by atoms with Crippen LogP contribution in [0.4, 0.5) is 16.4 Å². The van der Waals surface area contributed by atoms with Crippen molar-refractivity contribution >= 4 is 28.5 Å². The van der Waals surface area contributed by atoms with Gasteiger partial charge >= 0.3 is 6.09 Å². The second kappa shape index (κ2) is 8.74. The van der Waals surface area contributed by atoms with E-state index in [-0.39, 0.29) is 18.2 Å². The molecular weight excluding hydrogens is 380 g/mol. The standard InChI is InChI=1S/C22H30N6O2/c1-14(2)25-20-18-10-19(24-12-15(18)9-17(11-23)27-20)26-16-7-6-8-28(13-16)21(29)30-22(3,4)5/h9-10,12,14,16H,6-8,13H2,1-5H3,(H,24,26)(H,25,27). The number of carbonyl (C=O) groups excluding carboxylic acids is 1. The Labute approximate surface area is 177 Å². The van der Waals surface area contributed by atoms with Crippen molar-refractivity contribution in [2.75, 3.05) is 23.7 Å². The van der Waals surface area contributed by atoms with Crippen molar-refractivity contribution in [2.24, 2.45) is 0 Å². The summed E-state index contributed by atoms with van der Waals surface area (Å²) >= 11 is 0. The van der Waals surface area contributed by atoms with E-state index in [1.165, 1.54) is 0 Å². The van der Waals surface area contributed by atoms with Gasteiger partial charge < -0.3 is 20.3 Å². The second-order valence-corrected chi connectivity index (χ2v) is 8.97. The van der Waals surface area contributed by atoms with Crippen LogP contribution in [0.25, 0.3) is 10.8 Å². The molecule has 3 heterocycles. The van der Waals surface area contributed by atoms with Crippen LogP contribution in [0.3, 0.4) is 0 Å². The fraction of sp³-hybridized carbons (Fsp3) is 0.545. The first-order valence-electron chi connectivity index (χ1n) is 10.4. The zero-order valence-electron chi connectivity index (χ0n) is 18.3. The largest absolute Gasteiger partial charge is 0.444 e. The fourth-order valence-electron chi connectivity index (χ4n) is 3.46. The van der Waals surface area contributed by atoms with E-state index in [9.17, 15) is 10.1 Å². The van der Waals surface area contributed by atoms with E-state index in [1.807, 2.05) is 40.7 Å². The molecule has 160 valence electrons. The normalized spacial score (nSPS) is 17.0. The van der Waals surface area contributed by atoms with Crippen LogP contribution in [-0.2, 0) is 4.74 Å². The molecule has 3 rings (SSSR count). The molecule has 0 saturated carbocycles. The van der Waals surface area contributed by atoms with Crippen LogP contribution in [-0.4, -0.2) is 51.7 Å². The van der Waals surface area contributed by atoms with Gasteiger partial charge in [-0.3, -0.25) is 0 Å². The van der Waals surface area contributed by atoms with E-state index in [0.29, 0.717) is 24.6 Å². The third-order valence-electron chi connectivity index (χ3n) is 4.68. The topological polar surface area (TPSA) is 103 Å². The average molecular weight is 411 g/mol. The molecule has 1 fully saturated rings. The molecule has 0 aliphatic carbocycles. The number of likely N-dealkylation sites (tertiary alicyclic amines) is 1. The number of nitriles is 1. The Bertz CT molecular complexity index is 960. The second-order valence-electron chi connectivity index (χ2n) is 8.97. The number of carbonyl (C=O) groups is 1. The van der Waals surface area contributed by atoms with Gasteiger partial charge in [0, 0.05) is 42.1 Å². The smallest absolute Gasteiger partial charge is 0.410 e. The molecule has 30 heavy (non-hydrogen) atoms. The minimum atomic E-state index is -0.507. The van der Waals surface area contributed by atoms with E-state index in [2.05, 4.69) is 26.7 Å². The number of nitrogens with one attached hydrogen (secondary N) is 2. The Hall–Kier alpha value is -3.08. The molecule has 2 N–H and O–H groups in total. The maximum absolute atomic E-state index is 12.4. The van der Waals surface area contributed by atoms with Gasteiger partial charge in [-0.05, 0) is 59.6 Å². The van der Waals surface area contributed by atoms with E-state index in [4.69, 9.17) is 4.74 Å². The first-order chi connectivity index (χ1) is 14.1. The van der Waals surface area contributed by atoms with Gasteiger partial charge in [0.1, 0.15) is 29.0 Å². The number of amides is 1. The highest BCUT2D eigenvalue weighted by Crippen LogP contribution is 2.26. The lowest BCUT2D eigenvalue weighted by molar-refractivity contribution is 0.0206. The van der Waals surface area contributed by atoms with Crippen LogP contribution in [0.1, 0.15) is 53.2 Å². The summed E-state index contributed by atoms with van der Waals surface area (Å²) in [5.74, 6) is 1.39. The lowest BCUT2D eigenvalue weighted by Crippen LogP contribution is -2.47. The molecule has 1 aliphatic heterocycles. The maximum atomic E-state index is 12.4. The molecule has 0 radical (unpaired) electrons. The zero-order valence-corrected chi connectivity index (χ0v) is 18.3. The monoisotopic (exact) mass is 410 g/mol. The Balaban J connectivity index is 1.78. The van der Waals surface area contributed by atoms with Crippen LogP contribution >= 0.6 is 0 Å². The number of anilines is 2. The van der Waals surface area contributed by atoms with Crippen LogP contribution in [0.15, 0.2) is 18.3 Å². The number of piperidine rings is 1. The predicted octanol–water partition coefficient (Wildman–Crippen LogP) is 4.13. The van der Waals surface area contributed by atoms with E-state index in [1.54, 1.807) is 17.2 Å². The first kappa shape index (κ1) is 21.6. The maximum Gasteiger partial charge on any atom is 0.410 e. The lowest BCUT2D eigenvalue weighted by Gasteiger charge is -2.34. The number of pyridine rings is 2. The third-order valence-corrected chi connectivity index (χ3v) is 4.68. The molecule has 0 spiro atoms. The highest BCUT2D eigenvalue weighted by molar-refractivity contribution is 5.93. The molecule has 0 aromatic carbocycles. The van der Waals surface area contributed by atoms with E-state index in [0.717, 1.165) is 29.4 Å². The van der Waals surface area contributed by atoms with Crippen molar-refractivity contribution in [3.05, 3.63) is 24.0 Å². The van der Waals surface area contributed by atoms with E-state index >= 15 is 0 Å². The van der Waals surface area contributed by atoms with Gasteiger partial charge in [-0.15, -0.1) is 0 Å². The molecule has 1 atom stereocenters. The molecule has 8 nitrogen and oxygen atoms in total. The van der Waals surface area contributed by atoms with Crippen molar-refractivity contribution in [1.82, 2.24) is 14.9 Å². The van der Waals surface area contributed by atoms with Crippen molar-refractivity contribution in [2.45, 2.75) is 65.1 Å². The minimum absolute atomic E-state index is 0.0871. The molecule has 2 aromatic rings. The molecular formula is C22H30N6O2. The summed E-state index contributed by atoms with van der Waals surface area (Å²) < 4.78 is 5.51. The van der Waals surface area contributed by atoms with Gasteiger partial charge in [-0.25, -0.2) is 14.8 Å². The first-order valence-corrected chi connectivity index (χ1v) is 10.4. The Kier molecular flexibility index (Phi) is 6.30. The summed E-state index contributed by atoms with van der Waals surface area (Å²) in [4.78, 5) is 23.1. The Morgan fingerprint density at radius 1 is 1.37 bits per heavy atom. The summed E-state index contributed by atoms with van der Waals surface area (Å²) in [6.07, 6.45) is 3.32. The quantitative estimate of drug-likeness (QED) is 0.781. The highest BCUT2D eigenvalue weighted by atomic mass is 16.6. The SMILES string of the molecule is CC(C)Nc1nc(C#N)cc2cnc(NC3CCCN(C(=O)OC(C)(C)C)C3)cc12. The molecule has 2 aromatic heterocycles. The predicted molar refractivity (Wildman–Crippen MR) is 117 cm³/mol. The van der Waals surface area contributed by atoms with E-state index < -0.39 is 5.60 Å². The lowest BCUT2D eigenvalue weighted by atomic mass is 10.1. The van der Waals surface area contributed by atoms with Gasteiger partial charge in [-0.1, -0.05) is 0 Å². The Morgan fingerprint density at radius 3 is 2.80 bits per heavy atom. The number of nitrogens with zero attached hydrogens (tertiary/aromatic N) is 4. The number of ether oxygens (including phenoxy) is 1.